The van der Waals surface area contributed by atoms with Gasteiger partial charge in [0.2, 0.25) is 0 Å². The first kappa shape index (κ1) is 16.7. The van der Waals surface area contributed by atoms with Gasteiger partial charge in [-0.2, -0.15) is 0 Å². The van der Waals surface area contributed by atoms with Crippen molar-refractivity contribution >= 4 is 20.2 Å². The molecule has 1 saturated heterocycles. The summed E-state index contributed by atoms with van der Waals surface area (Å²) in [7, 11) is 2.98. The van der Waals surface area contributed by atoms with Crippen molar-refractivity contribution < 1.29 is 0 Å². The van der Waals surface area contributed by atoms with Gasteiger partial charge < -0.3 is 9.62 Å². The van der Waals surface area contributed by atoms with E-state index < -0.39 is 8.07 Å². The van der Waals surface area contributed by atoms with Crippen molar-refractivity contribution in [3.63, 3.8) is 0 Å². The number of likely N-dealkylation sites (N-methyl/N-ethyl adjacent to an activating group) is 2. The molecule has 2 fully saturated rings. The van der Waals surface area contributed by atoms with Crippen LogP contribution in [0, 0.1) is 0 Å². The van der Waals surface area contributed by atoms with E-state index in [-0.39, 0.29) is 0 Å². The van der Waals surface area contributed by atoms with Gasteiger partial charge in [0, 0.05) is 13.1 Å². The van der Waals surface area contributed by atoms with E-state index in [1.807, 2.05) is 0 Å². The minimum absolute atomic E-state index is 0.480. The molecule has 4 heteroatoms. The average Bonchev–Trinajstić information content (AvgIpc) is 3.09. The summed E-state index contributed by atoms with van der Waals surface area (Å²) >= 11 is 0. The third-order valence-corrected chi connectivity index (χ3v) is 8.31. The zero-order valence-corrected chi connectivity index (χ0v) is 16.0. The Hall–Kier alpha value is -1.10. The quantitative estimate of drug-likeness (QED) is 0.789. The van der Waals surface area contributed by atoms with Crippen LogP contribution in [0.25, 0.3) is 0 Å². The number of benzene rings is 1. The van der Waals surface area contributed by atoms with E-state index in [0.717, 1.165) is 0 Å². The predicted molar refractivity (Wildman–Crippen MR) is 105 cm³/mol. The predicted octanol–water partition coefficient (Wildman–Crippen LogP) is 3.08. The second-order valence-corrected chi connectivity index (χ2v) is 12.0. The van der Waals surface area contributed by atoms with Crippen molar-refractivity contribution in [3.05, 3.63) is 53.2 Å². The highest BCUT2D eigenvalue weighted by Gasteiger charge is 2.31. The number of hydrogen-bond acceptors (Lipinski definition) is 2. The molecule has 2 aliphatic rings. The molecule has 0 amide bonds. The van der Waals surface area contributed by atoms with Gasteiger partial charge in [0.1, 0.15) is 8.07 Å². The summed E-state index contributed by atoms with van der Waals surface area (Å²) in [6.07, 6.45) is 3.83. The van der Waals surface area contributed by atoms with Crippen LogP contribution in [0.4, 0.5) is 0 Å². The molecule has 0 aromatic heterocycles. The van der Waals surface area contributed by atoms with Gasteiger partial charge in [-0.1, -0.05) is 71.4 Å². The fourth-order valence-corrected chi connectivity index (χ4v) is 6.30. The van der Waals surface area contributed by atoms with Crippen LogP contribution >= 0.6 is 0 Å². The summed E-state index contributed by atoms with van der Waals surface area (Å²) in [5, 5.41) is 1.54. The minimum atomic E-state index is -1.51. The lowest BCUT2D eigenvalue weighted by Gasteiger charge is -2.21. The van der Waals surface area contributed by atoms with Gasteiger partial charge in [-0.3, -0.25) is 0 Å². The Kier molecular flexibility index (Phi) is 4.95. The molecule has 23 heavy (non-hydrogen) atoms. The zero-order valence-electron chi connectivity index (χ0n) is 15.0. The molecule has 1 aliphatic heterocycles. The minimum Gasteiger partial charge on any atom is -0.326 e. The lowest BCUT2D eigenvalue weighted by atomic mass is 9.72. The second-order valence-electron chi connectivity index (χ2n) is 7.68. The molecule has 0 bridgehead atoms. The molecular weight excluding hydrogens is 295 g/mol. The number of rotatable bonds is 3. The fourth-order valence-electron chi connectivity index (χ4n) is 3.88. The monoisotopic (exact) mass is 324 g/mol. The average molecular weight is 324 g/mol. The Morgan fingerprint density at radius 2 is 1.57 bits per heavy atom. The van der Waals surface area contributed by atoms with E-state index in [0.29, 0.717) is 6.98 Å². The van der Waals surface area contributed by atoms with Crippen molar-refractivity contribution in [1.82, 2.24) is 9.62 Å². The highest BCUT2D eigenvalue weighted by atomic mass is 28.3. The first-order valence-corrected chi connectivity index (χ1v) is 11.9. The first-order chi connectivity index (χ1) is 11.0. The van der Waals surface area contributed by atoms with Crippen LogP contribution in [-0.2, 0) is 0 Å². The molecular formula is C19H29BN2Si. The summed E-state index contributed by atoms with van der Waals surface area (Å²) < 4.78 is 0. The Bertz CT molecular complexity index is 599. The SMILES string of the molecule is CN1CCN(C)B1/C=C1/CCC/C1=C/[Si](C)(C)c1ccccc1. The highest BCUT2D eigenvalue weighted by Crippen LogP contribution is 2.32. The Balaban J connectivity index is 1.86. The summed E-state index contributed by atoms with van der Waals surface area (Å²) in [5.41, 5.74) is 5.88. The maximum Gasteiger partial charge on any atom is 0.338 e. The van der Waals surface area contributed by atoms with Crippen molar-refractivity contribution in [2.75, 3.05) is 27.2 Å². The van der Waals surface area contributed by atoms with E-state index >= 15 is 0 Å². The normalized spacial score (nSPS) is 24.3. The van der Waals surface area contributed by atoms with Crippen LogP contribution in [0.15, 0.2) is 53.2 Å². The van der Waals surface area contributed by atoms with E-state index in [4.69, 9.17) is 0 Å². The third-order valence-electron chi connectivity index (χ3n) is 5.42. The largest absolute Gasteiger partial charge is 0.338 e. The van der Waals surface area contributed by atoms with Gasteiger partial charge >= 0.3 is 6.98 Å². The highest BCUT2D eigenvalue weighted by molar-refractivity contribution is 6.94. The van der Waals surface area contributed by atoms with Crippen LogP contribution in [0.3, 0.4) is 0 Å². The van der Waals surface area contributed by atoms with Crippen molar-refractivity contribution in [1.29, 1.82) is 0 Å². The van der Waals surface area contributed by atoms with Gasteiger partial charge in [0.05, 0.1) is 0 Å². The van der Waals surface area contributed by atoms with Gasteiger partial charge in [-0.25, -0.2) is 0 Å². The van der Waals surface area contributed by atoms with Crippen LogP contribution < -0.4 is 5.19 Å². The van der Waals surface area contributed by atoms with Crippen LogP contribution in [0.2, 0.25) is 13.1 Å². The number of hydrogen-bond donors (Lipinski definition) is 0. The van der Waals surface area contributed by atoms with Crippen LogP contribution in [0.5, 0.6) is 0 Å². The molecule has 1 heterocycles. The Morgan fingerprint density at radius 3 is 2.22 bits per heavy atom. The molecule has 2 nitrogen and oxygen atoms in total. The smallest absolute Gasteiger partial charge is 0.326 e. The Morgan fingerprint density at radius 1 is 0.957 bits per heavy atom. The summed E-state index contributed by atoms with van der Waals surface area (Å²) in [5.74, 6) is 2.53. The molecule has 0 spiro atoms. The lowest BCUT2D eigenvalue weighted by molar-refractivity contribution is 0.553. The lowest BCUT2D eigenvalue weighted by Crippen LogP contribution is -2.40. The standard InChI is InChI=1S/C19H29BN2Si/c1-21-13-14-22(2)20(21)15-17-9-8-10-18(17)16-23(3,4)19-11-6-5-7-12-19/h5-7,11-12,15-16H,8-10,13-14H2,1-4H3/b17-15-,18-16-. The summed E-state index contributed by atoms with van der Waals surface area (Å²) in [6, 6.07) is 11.1. The molecule has 122 valence electrons. The van der Waals surface area contributed by atoms with Crippen molar-refractivity contribution in [2.45, 2.75) is 32.4 Å². The van der Waals surface area contributed by atoms with Gasteiger partial charge in [0.25, 0.3) is 0 Å². The third kappa shape index (κ3) is 3.70. The molecule has 1 aliphatic carbocycles. The van der Waals surface area contributed by atoms with E-state index in [1.165, 1.54) is 37.5 Å². The van der Waals surface area contributed by atoms with Gasteiger partial charge in [0.15, 0.2) is 0 Å². The van der Waals surface area contributed by atoms with Crippen LogP contribution in [-0.4, -0.2) is 51.9 Å². The van der Waals surface area contributed by atoms with Crippen molar-refractivity contribution in [3.8, 4) is 0 Å². The Labute approximate surface area is 143 Å². The topological polar surface area (TPSA) is 6.48 Å². The molecule has 0 atom stereocenters. The van der Waals surface area contributed by atoms with Gasteiger partial charge in [-0.15, -0.1) is 0 Å². The van der Waals surface area contributed by atoms with Crippen LogP contribution in [0.1, 0.15) is 19.3 Å². The van der Waals surface area contributed by atoms with Crippen molar-refractivity contribution in [2.24, 2.45) is 0 Å². The summed E-state index contributed by atoms with van der Waals surface area (Å²) in [4.78, 5) is 4.92. The molecule has 0 unspecified atom stereocenters. The molecule has 1 aromatic rings. The fraction of sp³-hybridized carbons (Fsp3) is 0.474. The van der Waals surface area contributed by atoms with E-state index in [2.05, 4.69) is 78.8 Å². The maximum absolute atomic E-state index is 2.65. The molecule has 1 aromatic carbocycles. The number of nitrogens with zero attached hydrogens (tertiary/aromatic N) is 2. The number of allylic oxidation sites excluding steroid dienone is 2. The second kappa shape index (κ2) is 6.80. The molecule has 1 saturated carbocycles. The maximum atomic E-state index is 2.65. The zero-order chi connectivity index (χ0) is 16.4. The molecule has 0 radical (unpaired) electrons. The van der Waals surface area contributed by atoms with Gasteiger partial charge in [-0.05, 0) is 33.4 Å². The molecule has 0 N–H and O–H groups in total. The summed E-state index contributed by atoms with van der Waals surface area (Å²) in [6.45, 7) is 7.77. The first-order valence-electron chi connectivity index (χ1n) is 8.86. The van der Waals surface area contributed by atoms with E-state index in [9.17, 15) is 0 Å². The van der Waals surface area contributed by atoms with E-state index in [1.54, 1.807) is 11.1 Å². The molecule has 3 rings (SSSR count).